The molecule has 0 saturated carbocycles. The Balaban J connectivity index is 2.45. The van der Waals surface area contributed by atoms with Gasteiger partial charge in [0.1, 0.15) is 4.90 Å². The van der Waals surface area contributed by atoms with Crippen molar-refractivity contribution >= 4 is 31.6 Å². The van der Waals surface area contributed by atoms with E-state index in [1.165, 1.54) is 0 Å². The highest BCUT2D eigenvalue weighted by Crippen LogP contribution is 2.27. The molecule has 0 heterocycles. The predicted molar refractivity (Wildman–Crippen MR) is 88.8 cm³/mol. The van der Waals surface area contributed by atoms with Crippen LogP contribution in [0.25, 0.3) is 0 Å². The number of anilines is 1. The Kier molecular flexibility index (Phi) is 4.70. The van der Waals surface area contributed by atoms with E-state index in [2.05, 4.69) is 20.7 Å². The topological polar surface area (TPSA) is 72.2 Å². The molecule has 4 nitrogen and oxygen atoms in total. The van der Waals surface area contributed by atoms with E-state index in [4.69, 9.17) is 5.73 Å². The SMILES string of the molecule is Cc1ccc(C)c(NS(=O)(=O)c2cc(CN)ccc2Br)c1. The molecule has 0 bridgehead atoms. The minimum Gasteiger partial charge on any atom is -0.326 e. The highest BCUT2D eigenvalue weighted by Gasteiger charge is 2.19. The summed E-state index contributed by atoms with van der Waals surface area (Å²) in [6, 6.07) is 10.7. The maximum absolute atomic E-state index is 12.6. The van der Waals surface area contributed by atoms with Crippen molar-refractivity contribution in [1.29, 1.82) is 0 Å². The average Bonchev–Trinajstić information content (AvgIpc) is 2.43. The molecule has 0 aliphatic rings. The first-order valence-electron chi connectivity index (χ1n) is 6.42. The van der Waals surface area contributed by atoms with E-state index in [-0.39, 0.29) is 4.90 Å². The fourth-order valence-corrected chi connectivity index (χ4v) is 4.06. The molecule has 2 rings (SSSR count). The molecule has 112 valence electrons. The van der Waals surface area contributed by atoms with Crippen LogP contribution in [0.3, 0.4) is 0 Å². The van der Waals surface area contributed by atoms with E-state index < -0.39 is 10.0 Å². The summed E-state index contributed by atoms with van der Waals surface area (Å²) >= 11 is 3.28. The van der Waals surface area contributed by atoms with Crippen LogP contribution in [0.15, 0.2) is 45.8 Å². The standard InChI is InChI=1S/C15H17BrN2O2S/c1-10-3-4-11(2)14(7-10)18-21(19,20)15-8-12(9-17)5-6-13(15)16/h3-8,18H,9,17H2,1-2H3. The Morgan fingerprint density at radius 1 is 1.14 bits per heavy atom. The molecule has 0 amide bonds. The van der Waals surface area contributed by atoms with Gasteiger partial charge >= 0.3 is 0 Å². The summed E-state index contributed by atoms with van der Waals surface area (Å²) in [5.74, 6) is 0. The second kappa shape index (κ2) is 6.17. The van der Waals surface area contributed by atoms with E-state index in [9.17, 15) is 8.42 Å². The molecule has 3 N–H and O–H groups in total. The second-order valence-corrected chi connectivity index (χ2v) is 7.40. The Hall–Kier alpha value is -1.37. The summed E-state index contributed by atoms with van der Waals surface area (Å²) in [6.07, 6.45) is 0. The lowest BCUT2D eigenvalue weighted by Crippen LogP contribution is -2.15. The molecule has 0 aromatic heterocycles. The number of rotatable bonds is 4. The van der Waals surface area contributed by atoms with Crippen LogP contribution in [0, 0.1) is 13.8 Å². The molecule has 0 spiro atoms. The summed E-state index contributed by atoms with van der Waals surface area (Å²) in [5, 5.41) is 0. The minimum absolute atomic E-state index is 0.186. The van der Waals surface area contributed by atoms with Crippen LogP contribution < -0.4 is 10.5 Å². The van der Waals surface area contributed by atoms with Crippen molar-refractivity contribution in [2.75, 3.05) is 4.72 Å². The van der Waals surface area contributed by atoms with Gasteiger partial charge in [0.05, 0.1) is 5.69 Å². The lowest BCUT2D eigenvalue weighted by Gasteiger charge is -2.13. The van der Waals surface area contributed by atoms with E-state index >= 15 is 0 Å². The summed E-state index contributed by atoms with van der Waals surface area (Å²) in [6.45, 7) is 4.07. The number of nitrogens with one attached hydrogen (secondary N) is 1. The van der Waals surface area contributed by atoms with Gasteiger partial charge in [-0.3, -0.25) is 4.72 Å². The lowest BCUT2D eigenvalue weighted by atomic mass is 10.1. The Labute approximate surface area is 133 Å². The molecule has 0 aliphatic carbocycles. The number of benzene rings is 2. The molecule has 6 heteroatoms. The zero-order valence-corrected chi connectivity index (χ0v) is 14.3. The van der Waals surface area contributed by atoms with Crippen molar-refractivity contribution in [1.82, 2.24) is 0 Å². The fourth-order valence-electron chi connectivity index (χ4n) is 1.93. The molecule has 0 fully saturated rings. The first-order chi connectivity index (χ1) is 9.83. The van der Waals surface area contributed by atoms with Gasteiger partial charge in [-0.2, -0.15) is 0 Å². The fraction of sp³-hybridized carbons (Fsp3) is 0.200. The molecular weight excluding hydrogens is 352 g/mol. The first-order valence-corrected chi connectivity index (χ1v) is 8.69. The van der Waals surface area contributed by atoms with Gasteiger partial charge in [-0.15, -0.1) is 0 Å². The normalized spacial score (nSPS) is 11.4. The zero-order chi connectivity index (χ0) is 15.6. The molecule has 0 radical (unpaired) electrons. The maximum atomic E-state index is 12.6. The number of aryl methyl sites for hydroxylation is 2. The number of hydrogen-bond donors (Lipinski definition) is 2. The molecule has 0 saturated heterocycles. The third kappa shape index (κ3) is 3.64. The molecule has 21 heavy (non-hydrogen) atoms. The van der Waals surface area contributed by atoms with Crippen LogP contribution in [0.1, 0.15) is 16.7 Å². The lowest BCUT2D eigenvalue weighted by molar-refractivity contribution is 0.600. The van der Waals surface area contributed by atoms with E-state index in [0.717, 1.165) is 16.7 Å². The van der Waals surface area contributed by atoms with Crippen LogP contribution in [0.4, 0.5) is 5.69 Å². The van der Waals surface area contributed by atoms with Crippen molar-refractivity contribution in [3.63, 3.8) is 0 Å². The van der Waals surface area contributed by atoms with Crippen LogP contribution in [-0.2, 0) is 16.6 Å². The molecule has 0 aliphatic heterocycles. The monoisotopic (exact) mass is 368 g/mol. The van der Waals surface area contributed by atoms with Gasteiger partial charge in [0, 0.05) is 11.0 Å². The molecule has 0 unspecified atom stereocenters. The van der Waals surface area contributed by atoms with Crippen LogP contribution >= 0.6 is 15.9 Å². The number of halogens is 1. The Morgan fingerprint density at radius 2 is 1.86 bits per heavy atom. The van der Waals surface area contributed by atoms with Crippen molar-refractivity contribution < 1.29 is 8.42 Å². The van der Waals surface area contributed by atoms with Crippen molar-refractivity contribution in [2.45, 2.75) is 25.3 Å². The number of nitrogens with two attached hydrogens (primary N) is 1. The largest absolute Gasteiger partial charge is 0.326 e. The maximum Gasteiger partial charge on any atom is 0.263 e. The highest BCUT2D eigenvalue weighted by molar-refractivity contribution is 9.10. The number of sulfonamides is 1. The van der Waals surface area contributed by atoms with Gasteiger partial charge in [-0.25, -0.2) is 8.42 Å². The zero-order valence-electron chi connectivity index (χ0n) is 11.9. The summed E-state index contributed by atoms with van der Waals surface area (Å²) in [7, 11) is -3.67. The molecule has 2 aromatic rings. The van der Waals surface area contributed by atoms with Gasteiger partial charge in [0.25, 0.3) is 10.0 Å². The summed E-state index contributed by atoms with van der Waals surface area (Å²) in [5.41, 5.74) is 8.79. The van der Waals surface area contributed by atoms with Gasteiger partial charge in [0.2, 0.25) is 0 Å². The summed E-state index contributed by atoms with van der Waals surface area (Å²) in [4.78, 5) is 0.186. The van der Waals surface area contributed by atoms with Crippen LogP contribution in [-0.4, -0.2) is 8.42 Å². The van der Waals surface area contributed by atoms with Gasteiger partial charge in [0.15, 0.2) is 0 Å². The van der Waals surface area contributed by atoms with Gasteiger partial charge in [-0.05, 0) is 64.7 Å². The quantitative estimate of drug-likeness (QED) is 0.869. The number of hydrogen-bond acceptors (Lipinski definition) is 3. The Morgan fingerprint density at radius 3 is 2.52 bits per heavy atom. The molecular formula is C15H17BrN2O2S. The van der Waals surface area contributed by atoms with Crippen LogP contribution in [0.5, 0.6) is 0 Å². The van der Waals surface area contributed by atoms with Gasteiger partial charge < -0.3 is 5.73 Å². The highest BCUT2D eigenvalue weighted by atomic mass is 79.9. The van der Waals surface area contributed by atoms with E-state index in [1.54, 1.807) is 18.2 Å². The van der Waals surface area contributed by atoms with Crippen LogP contribution in [0.2, 0.25) is 0 Å². The minimum atomic E-state index is -3.67. The van der Waals surface area contributed by atoms with Gasteiger partial charge in [-0.1, -0.05) is 18.2 Å². The first kappa shape index (κ1) is 16.0. The molecule has 2 aromatic carbocycles. The molecule has 0 atom stereocenters. The third-order valence-electron chi connectivity index (χ3n) is 3.16. The summed E-state index contributed by atoms with van der Waals surface area (Å²) < 4.78 is 28.3. The van der Waals surface area contributed by atoms with Crippen molar-refractivity contribution in [2.24, 2.45) is 5.73 Å². The van der Waals surface area contributed by atoms with Crippen molar-refractivity contribution in [3.05, 3.63) is 57.6 Å². The second-order valence-electron chi connectivity index (χ2n) is 4.89. The van der Waals surface area contributed by atoms with E-state index in [0.29, 0.717) is 16.7 Å². The van der Waals surface area contributed by atoms with Crippen molar-refractivity contribution in [3.8, 4) is 0 Å². The predicted octanol–water partition coefficient (Wildman–Crippen LogP) is 3.33. The Bertz CT molecular complexity index is 773. The smallest absolute Gasteiger partial charge is 0.263 e. The average molecular weight is 369 g/mol. The van der Waals surface area contributed by atoms with E-state index in [1.807, 2.05) is 32.0 Å². The third-order valence-corrected chi connectivity index (χ3v) is 5.52.